The fourth-order valence-electron chi connectivity index (χ4n) is 2.45. The third kappa shape index (κ3) is 5.15. The zero-order valence-electron chi connectivity index (χ0n) is 14.8. The molecule has 1 amide bonds. The summed E-state index contributed by atoms with van der Waals surface area (Å²) in [5, 5.41) is 23.0. The van der Waals surface area contributed by atoms with Gasteiger partial charge < -0.3 is 5.32 Å². The summed E-state index contributed by atoms with van der Waals surface area (Å²) in [7, 11) is 0. The largest absolute Gasteiger partial charge is 0.325 e. The van der Waals surface area contributed by atoms with Crippen LogP contribution in [-0.4, -0.2) is 21.6 Å². The van der Waals surface area contributed by atoms with Crippen molar-refractivity contribution >= 4 is 29.0 Å². The molecule has 0 bridgehead atoms. The smallest absolute Gasteiger partial charge is 0.271 e. The van der Waals surface area contributed by atoms with Gasteiger partial charge in [-0.15, -0.1) is 0 Å². The van der Waals surface area contributed by atoms with E-state index in [0.717, 1.165) is 11.8 Å². The van der Waals surface area contributed by atoms with Gasteiger partial charge in [-0.3, -0.25) is 14.9 Å². The molecule has 3 rings (SSSR count). The van der Waals surface area contributed by atoms with Crippen molar-refractivity contribution in [1.29, 1.82) is 5.26 Å². The van der Waals surface area contributed by atoms with Crippen LogP contribution >= 0.6 is 11.8 Å². The number of amides is 1. The minimum absolute atomic E-state index is 0.0444. The number of non-ortho nitro benzene ring substituents is 1. The lowest BCUT2D eigenvalue weighted by Crippen LogP contribution is -2.14. The van der Waals surface area contributed by atoms with Crippen LogP contribution in [0.4, 0.5) is 15.8 Å². The first kappa shape index (κ1) is 20.0. The number of pyridine rings is 1. The van der Waals surface area contributed by atoms with Crippen LogP contribution in [0, 0.1) is 27.3 Å². The number of anilines is 1. The average molecular weight is 408 g/mol. The molecule has 29 heavy (non-hydrogen) atoms. The number of carbonyl (C=O) groups is 1. The topological polar surface area (TPSA) is 109 Å². The zero-order chi connectivity index (χ0) is 20.8. The van der Waals surface area contributed by atoms with E-state index in [1.165, 1.54) is 30.3 Å². The van der Waals surface area contributed by atoms with Gasteiger partial charge >= 0.3 is 0 Å². The minimum atomic E-state index is -0.547. The molecule has 3 aromatic rings. The summed E-state index contributed by atoms with van der Waals surface area (Å²) in [6.45, 7) is 0. The van der Waals surface area contributed by atoms with Crippen LogP contribution in [-0.2, 0) is 4.79 Å². The molecule has 9 heteroatoms. The van der Waals surface area contributed by atoms with Crippen LogP contribution in [0.1, 0.15) is 5.56 Å². The highest BCUT2D eigenvalue weighted by Crippen LogP contribution is 2.26. The van der Waals surface area contributed by atoms with Crippen molar-refractivity contribution in [1.82, 2.24) is 4.98 Å². The Morgan fingerprint density at radius 2 is 1.97 bits per heavy atom. The lowest BCUT2D eigenvalue weighted by atomic mass is 10.1. The number of hydrogen-bond donors (Lipinski definition) is 1. The lowest BCUT2D eigenvalue weighted by molar-refractivity contribution is -0.384. The van der Waals surface area contributed by atoms with Crippen LogP contribution in [0.25, 0.3) is 11.3 Å². The van der Waals surface area contributed by atoms with E-state index in [2.05, 4.69) is 10.3 Å². The Morgan fingerprint density at radius 3 is 2.66 bits per heavy atom. The van der Waals surface area contributed by atoms with Gasteiger partial charge in [0.25, 0.3) is 5.69 Å². The van der Waals surface area contributed by atoms with Crippen molar-refractivity contribution in [2.75, 3.05) is 11.1 Å². The van der Waals surface area contributed by atoms with Gasteiger partial charge in [0.1, 0.15) is 16.9 Å². The molecule has 2 aromatic carbocycles. The lowest BCUT2D eigenvalue weighted by Gasteiger charge is -2.08. The molecule has 0 unspecified atom stereocenters. The molecule has 0 spiro atoms. The number of carbonyl (C=O) groups excluding carboxylic acids is 1. The number of rotatable bonds is 6. The van der Waals surface area contributed by atoms with Crippen molar-refractivity contribution in [2.24, 2.45) is 0 Å². The molecule has 7 nitrogen and oxygen atoms in total. The van der Waals surface area contributed by atoms with Crippen LogP contribution < -0.4 is 5.32 Å². The number of nitriles is 1. The summed E-state index contributed by atoms with van der Waals surface area (Å²) in [5.41, 5.74) is 1.71. The van der Waals surface area contributed by atoms with E-state index in [4.69, 9.17) is 0 Å². The number of nitro benzene ring substituents is 1. The van der Waals surface area contributed by atoms with Crippen molar-refractivity contribution in [3.8, 4) is 17.3 Å². The van der Waals surface area contributed by atoms with E-state index in [0.29, 0.717) is 27.5 Å². The molecule has 0 fully saturated rings. The molecule has 1 aromatic heterocycles. The van der Waals surface area contributed by atoms with Gasteiger partial charge in [-0.2, -0.15) is 5.26 Å². The van der Waals surface area contributed by atoms with Gasteiger partial charge in [0.15, 0.2) is 0 Å². The van der Waals surface area contributed by atoms with Crippen molar-refractivity contribution < 1.29 is 14.1 Å². The molecule has 0 saturated heterocycles. The molecule has 0 aliphatic rings. The maximum atomic E-state index is 13.1. The third-order valence-electron chi connectivity index (χ3n) is 3.80. The molecule has 0 aliphatic heterocycles. The number of benzene rings is 2. The molecule has 1 N–H and O–H groups in total. The number of aromatic nitrogens is 1. The summed E-state index contributed by atoms with van der Waals surface area (Å²) in [6.07, 6.45) is 0. The number of hydrogen-bond acceptors (Lipinski definition) is 6. The SMILES string of the molecule is N#Cc1ccc(-c2ccc(F)cc2)nc1SCC(=O)Nc1cccc([N+](=O)[O-])c1. The Hall–Kier alpha value is -3.77. The fraction of sp³-hybridized carbons (Fsp3) is 0.0500. The molecule has 1 heterocycles. The second-order valence-electron chi connectivity index (χ2n) is 5.81. The zero-order valence-corrected chi connectivity index (χ0v) is 15.6. The van der Waals surface area contributed by atoms with Crippen LogP contribution in [0.15, 0.2) is 65.7 Å². The van der Waals surface area contributed by atoms with Crippen LogP contribution in [0.3, 0.4) is 0 Å². The van der Waals surface area contributed by atoms with Crippen molar-refractivity contribution in [3.05, 3.63) is 82.2 Å². The highest BCUT2D eigenvalue weighted by molar-refractivity contribution is 8.00. The normalized spacial score (nSPS) is 10.2. The van der Waals surface area contributed by atoms with Gasteiger partial charge in [-0.25, -0.2) is 9.37 Å². The Bertz CT molecular complexity index is 1110. The first-order chi connectivity index (χ1) is 14.0. The summed E-state index contributed by atoms with van der Waals surface area (Å²) in [6, 6.07) is 16.7. The molecular weight excluding hydrogens is 395 g/mol. The van der Waals surface area contributed by atoms with Gasteiger partial charge in [-0.05, 0) is 42.5 Å². The van der Waals surface area contributed by atoms with E-state index in [-0.39, 0.29) is 17.3 Å². The Balaban J connectivity index is 1.72. The highest BCUT2D eigenvalue weighted by atomic mass is 32.2. The van der Waals surface area contributed by atoms with Gasteiger partial charge in [0.2, 0.25) is 5.91 Å². The van der Waals surface area contributed by atoms with Crippen molar-refractivity contribution in [3.63, 3.8) is 0 Å². The number of nitro groups is 1. The summed E-state index contributed by atoms with van der Waals surface area (Å²) < 4.78 is 13.1. The molecule has 0 saturated carbocycles. The standard InChI is InChI=1S/C20H13FN4O3S/c21-15-7-4-13(5-8-15)18-9-6-14(11-22)20(24-18)29-12-19(26)23-16-2-1-3-17(10-16)25(27)28/h1-10H,12H2,(H,23,26). The maximum Gasteiger partial charge on any atom is 0.271 e. The number of nitrogens with zero attached hydrogens (tertiary/aromatic N) is 3. The Morgan fingerprint density at radius 1 is 1.21 bits per heavy atom. The predicted molar refractivity (Wildman–Crippen MR) is 107 cm³/mol. The van der Waals surface area contributed by atoms with E-state index in [1.54, 1.807) is 30.3 Å². The van der Waals surface area contributed by atoms with Gasteiger partial charge in [0.05, 0.1) is 21.9 Å². The maximum absolute atomic E-state index is 13.1. The number of thioether (sulfide) groups is 1. The van der Waals surface area contributed by atoms with E-state index in [1.807, 2.05) is 6.07 Å². The monoisotopic (exact) mass is 408 g/mol. The quantitative estimate of drug-likeness (QED) is 0.368. The second kappa shape index (κ2) is 8.95. The van der Waals surface area contributed by atoms with E-state index in [9.17, 15) is 24.6 Å². The van der Waals surface area contributed by atoms with Crippen LogP contribution in [0.5, 0.6) is 0 Å². The van der Waals surface area contributed by atoms with Crippen molar-refractivity contribution in [2.45, 2.75) is 5.03 Å². The summed E-state index contributed by atoms with van der Waals surface area (Å²) in [4.78, 5) is 26.9. The Labute approximate surface area is 169 Å². The first-order valence-corrected chi connectivity index (χ1v) is 9.29. The van der Waals surface area contributed by atoms with E-state index < -0.39 is 10.8 Å². The minimum Gasteiger partial charge on any atom is -0.325 e. The highest BCUT2D eigenvalue weighted by Gasteiger charge is 2.12. The molecule has 0 radical (unpaired) electrons. The molecule has 144 valence electrons. The first-order valence-electron chi connectivity index (χ1n) is 8.30. The summed E-state index contributed by atoms with van der Waals surface area (Å²) in [5.74, 6) is -0.805. The number of halogens is 1. The molecule has 0 atom stereocenters. The van der Waals surface area contributed by atoms with Gasteiger partial charge in [0, 0.05) is 23.4 Å². The predicted octanol–water partition coefficient (Wildman–Crippen LogP) is 4.40. The second-order valence-corrected chi connectivity index (χ2v) is 6.78. The van der Waals surface area contributed by atoms with Gasteiger partial charge in [-0.1, -0.05) is 17.8 Å². The van der Waals surface area contributed by atoms with Crippen LogP contribution in [0.2, 0.25) is 0 Å². The molecular formula is C20H13FN4O3S. The fourth-order valence-corrected chi connectivity index (χ4v) is 3.22. The Kier molecular flexibility index (Phi) is 6.16. The molecule has 0 aliphatic carbocycles. The summed E-state index contributed by atoms with van der Waals surface area (Å²) >= 11 is 1.07. The van der Waals surface area contributed by atoms with E-state index >= 15 is 0 Å². The number of nitrogens with one attached hydrogen (secondary N) is 1. The third-order valence-corrected chi connectivity index (χ3v) is 4.79. The average Bonchev–Trinajstić information content (AvgIpc) is 2.72.